The molecule has 3 N–H and O–H groups in total. The molecule has 0 fully saturated rings. The van der Waals surface area contributed by atoms with Gasteiger partial charge in [-0.1, -0.05) is 19.1 Å². The fraction of sp³-hybridized carbons (Fsp3) is 0.571. The highest BCUT2D eigenvalue weighted by Crippen LogP contribution is 2.39. The molecule has 2 rings (SSSR count). The molecular formula is C14H22N2O3. The minimum atomic E-state index is 0.0202. The summed E-state index contributed by atoms with van der Waals surface area (Å²) in [6.45, 7) is 4.03. The SMILES string of the molecule is COCCC(C)C(NN)c1cccc2c1OCCO2. The number of para-hydroxylation sites is 1. The van der Waals surface area contributed by atoms with Crippen LogP contribution in [-0.2, 0) is 4.74 Å². The molecule has 2 unspecified atom stereocenters. The van der Waals surface area contributed by atoms with Crippen LogP contribution in [0.4, 0.5) is 0 Å². The minimum absolute atomic E-state index is 0.0202. The molecule has 1 aromatic carbocycles. The van der Waals surface area contributed by atoms with E-state index >= 15 is 0 Å². The monoisotopic (exact) mass is 266 g/mol. The lowest BCUT2D eigenvalue weighted by molar-refractivity contribution is 0.159. The molecule has 0 aliphatic carbocycles. The number of nitrogens with two attached hydrogens (primary N) is 1. The molecule has 1 aromatic rings. The first-order chi connectivity index (χ1) is 9.27. The quantitative estimate of drug-likeness (QED) is 0.605. The molecule has 0 bridgehead atoms. The molecule has 0 saturated carbocycles. The molecule has 0 saturated heterocycles. The second-order valence-corrected chi connectivity index (χ2v) is 4.77. The van der Waals surface area contributed by atoms with E-state index in [2.05, 4.69) is 12.3 Å². The standard InChI is InChI=1S/C14H22N2O3/c1-10(6-7-17-2)13(16-15)11-4-3-5-12-14(11)19-9-8-18-12/h3-5,10,13,16H,6-9,15H2,1-2H3. The molecule has 0 radical (unpaired) electrons. The number of rotatable bonds is 6. The number of nitrogens with one attached hydrogen (secondary N) is 1. The van der Waals surface area contributed by atoms with E-state index in [0.717, 1.165) is 23.5 Å². The third-order valence-corrected chi connectivity index (χ3v) is 3.46. The Morgan fingerprint density at radius 3 is 2.89 bits per heavy atom. The number of hydrogen-bond donors (Lipinski definition) is 2. The fourth-order valence-corrected chi connectivity index (χ4v) is 2.37. The number of fused-ring (bicyclic) bond motifs is 1. The van der Waals surface area contributed by atoms with Crippen LogP contribution in [-0.4, -0.2) is 26.9 Å². The lowest BCUT2D eigenvalue weighted by atomic mass is 9.91. The molecule has 0 amide bonds. The van der Waals surface area contributed by atoms with Crippen LogP contribution in [0.15, 0.2) is 18.2 Å². The molecule has 0 spiro atoms. The maximum absolute atomic E-state index is 5.74. The van der Waals surface area contributed by atoms with Gasteiger partial charge in [0.2, 0.25) is 0 Å². The number of hydrogen-bond acceptors (Lipinski definition) is 5. The number of hydrazine groups is 1. The Morgan fingerprint density at radius 1 is 1.37 bits per heavy atom. The fourth-order valence-electron chi connectivity index (χ4n) is 2.37. The van der Waals surface area contributed by atoms with Gasteiger partial charge in [-0.15, -0.1) is 0 Å². The van der Waals surface area contributed by atoms with E-state index in [1.807, 2.05) is 18.2 Å². The topological polar surface area (TPSA) is 65.7 Å². The molecule has 1 aliphatic heterocycles. The number of benzene rings is 1. The van der Waals surface area contributed by atoms with Gasteiger partial charge in [0.15, 0.2) is 11.5 Å². The first kappa shape index (κ1) is 14.1. The molecule has 1 heterocycles. The van der Waals surface area contributed by atoms with Gasteiger partial charge in [0.05, 0.1) is 6.04 Å². The highest BCUT2D eigenvalue weighted by molar-refractivity contribution is 5.49. The van der Waals surface area contributed by atoms with Crippen molar-refractivity contribution in [3.8, 4) is 11.5 Å². The highest BCUT2D eigenvalue weighted by Gasteiger charge is 2.25. The Morgan fingerprint density at radius 2 is 2.16 bits per heavy atom. The molecule has 5 nitrogen and oxygen atoms in total. The predicted octanol–water partition coefficient (Wildman–Crippen LogP) is 1.63. The Labute approximate surface area is 114 Å². The Bertz CT molecular complexity index is 412. The average molecular weight is 266 g/mol. The summed E-state index contributed by atoms with van der Waals surface area (Å²) in [5, 5.41) is 0. The van der Waals surface area contributed by atoms with Crippen molar-refractivity contribution in [2.75, 3.05) is 26.9 Å². The Hall–Kier alpha value is -1.30. The smallest absolute Gasteiger partial charge is 0.166 e. The van der Waals surface area contributed by atoms with Gasteiger partial charge in [0.25, 0.3) is 0 Å². The summed E-state index contributed by atoms with van der Waals surface area (Å²) in [5.41, 5.74) is 3.93. The lowest BCUT2D eigenvalue weighted by Gasteiger charge is -2.28. The summed E-state index contributed by atoms with van der Waals surface area (Å²) in [5.74, 6) is 7.66. The predicted molar refractivity (Wildman–Crippen MR) is 73.2 cm³/mol. The second-order valence-electron chi connectivity index (χ2n) is 4.77. The second kappa shape index (κ2) is 6.75. The number of ether oxygens (including phenoxy) is 3. The van der Waals surface area contributed by atoms with E-state index < -0.39 is 0 Å². The van der Waals surface area contributed by atoms with Gasteiger partial charge in [0, 0.05) is 19.3 Å². The van der Waals surface area contributed by atoms with Crippen molar-refractivity contribution in [3.63, 3.8) is 0 Å². The van der Waals surface area contributed by atoms with E-state index in [4.69, 9.17) is 20.1 Å². The summed E-state index contributed by atoms with van der Waals surface area (Å²) >= 11 is 0. The maximum Gasteiger partial charge on any atom is 0.166 e. The molecule has 5 heteroatoms. The number of methoxy groups -OCH3 is 1. The minimum Gasteiger partial charge on any atom is -0.486 e. The van der Waals surface area contributed by atoms with Crippen LogP contribution < -0.4 is 20.7 Å². The zero-order chi connectivity index (χ0) is 13.7. The van der Waals surface area contributed by atoms with Gasteiger partial charge in [0.1, 0.15) is 13.2 Å². The van der Waals surface area contributed by atoms with E-state index in [-0.39, 0.29) is 6.04 Å². The average Bonchev–Trinajstić information content (AvgIpc) is 2.46. The van der Waals surface area contributed by atoms with Crippen LogP contribution in [0, 0.1) is 5.92 Å². The Kier molecular flexibility index (Phi) is 5.01. The van der Waals surface area contributed by atoms with Gasteiger partial charge >= 0.3 is 0 Å². The molecule has 106 valence electrons. The molecule has 2 atom stereocenters. The third-order valence-electron chi connectivity index (χ3n) is 3.46. The molecular weight excluding hydrogens is 244 g/mol. The van der Waals surface area contributed by atoms with E-state index in [1.165, 1.54) is 0 Å². The molecule has 1 aliphatic rings. The third kappa shape index (κ3) is 3.18. The summed E-state index contributed by atoms with van der Waals surface area (Å²) in [4.78, 5) is 0. The maximum atomic E-state index is 5.74. The summed E-state index contributed by atoms with van der Waals surface area (Å²) in [7, 11) is 1.71. The van der Waals surface area contributed by atoms with Gasteiger partial charge in [-0.2, -0.15) is 0 Å². The van der Waals surface area contributed by atoms with E-state index in [0.29, 0.717) is 25.7 Å². The van der Waals surface area contributed by atoms with Gasteiger partial charge in [-0.05, 0) is 18.4 Å². The van der Waals surface area contributed by atoms with Crippen molar-refractivity contribution in [2.45, 2.75) is 19.4 Å². The largest absolute Gasteiger partial charge is 0.486 e. The van der Waals surface area contributed by atoms with Crippen LogP contribution in [0.2, 0.25) is 0 Å². The van der Waals surface area contributed by atoms with Crippen molar-refractivity contribution < 1.29 is 14.2 Å². The van der Waals surface area contributed by atoms with Gasteiger partial charge in [-0.25, -0.2) is 0 Å². The van der Waals surface area contributed by atoms with Crippen molar-refractivity contribution in [1.29, 1.82) is 0 Å². The van der Waals surface area contributed by atoms with Crippen molar-refractivity contribution in [1.82, 2.24) is 5.43 Å². The van der Waals surface area contributed by atoms with Crippen LogP contribution in [0.5, 0.6) is 11.5 Å². The Balaban J connectivity index is 2.22. The van der Waals surface area contributed by atoms with Crippen LogP contribution in [0.3, 0.4) is 0 Å². The van der Waals surface area contributed by atoms with Crippen LogP contribution >= 0.6 is 0 Å². The zero-order valence-corrected chi connectivity index (χ0v) is 11.5. The molecule has 0 aromatic heterocycles. The zero-order valence-electron chi connectivity index (χ0n) is 11.5. The first-order valence-electron chi connectivity index (χ1n) is 6.61. The van der Waals surface area contributed by atoms with Crippen molar-refractivity contribution >= 4 is 0 Å². The van der Waals surface area contributed by atoms with Crippen molar-refractivity contribution in [3.05, 3.63) is 23.8 Å². The van der Waals surface area contributed by atoms with Gasteiger partial charge in [-0.3, -0.25) is 11.3 Å². The van der Waals surface area contributed by atoms with Crippen LogP contribution in [0.1, 0.15) is 24.9 Å². The highest BCUT2D eigenvalue weighted by atomic mass is 16.6. The summed E-state index contributed by atoms with van der Waals surface area (Å²) in [6.07, 6.45) is 0.926. The van der Waals surface area contributed by atoms with Crippen molar-refractivity contribution in [2.24, 2.45) is 11.8 Å². The summed E-state index contributed by atoms with van der Waals surface area (Å²) < 4.78 is 16.5. The summed E-state index contributed by atoms with van der Waals surface area (Å²) in [6, 6.07) is 5.94. The van der Waals surface area contributed by atoms with E-state index in [9.17, 15) is 0 Å². The van der Waals surface area contributed by atoms with E-state index in [1.54, 1.807) is 7.11 Å². The lowest BCUT2D eigenvalue weighted by Crippen LogP contribution is -2.34. The first-order valence-corrected chi connectivity index (χ1v) is 6.61. The van der Waals surface area contributed by atoms with Gasteiger partial charge < -0.3 is 14.2 Å². The normalized spacial score (nSPS) is 17.0. The molecule has 19 heavy (non-hydrogen) atoms. The van der Waals surface area contributed by atoms with Crippen LogP contribution in [0.25, 0.3) is 0 Å².